The normalized spacial score (nSPS) is 10.2. The zero-order chi connectivity index (χ0) is 12.5. The van der Waals surface area contributed by atoms with E-state index in [4.69, 9.17) is 15.2 Å². The molecular weight excluding hydrogens is 220 g/mol. The molecule has 0 bridgehead atoms. The molecule has 96 valence electrons. The number of nitrogens with two attached hydrogens (primary N) is 1. The standard InChI is InChI=1S/C11H20N4O2/c1-3-4-5-13-10-9(12)11(15-8-14-10)17-7-6-16-2/h8H,3-7,12H2,1-2H3,(H,13,14,15). The zero-order valence-corrected chi connectivity index (χ0v) is 10.4. The first-order valence-corrected chi connectivity index (χ1v) is 5.75. The van der Waals surface area contributed by atoms with Crippen molar-refractivity contribution in [1.82, 2.24) is 9.97 Å². The van der Waals surface area contributed by atoms with Crippen LogP contribution in [0, 0.1) is 0 Å². The van der Waals surface area contributed by atoms with Crippen molar-refractivity contribution in [2.45, 2.75) is 19.8 Å². The van der Waals surface area contributed by atoms with Gasteiger partial charge < -0.3 is 20.5 Å². The second kappa shape index (κ2) is 7.67. The number of anilines is 2. The van der Waals surface area contributed by atoms with E-state index in [1.54, 1.807) is 7.11 Å². The van der Waals surface area contributed by atoms with Gasteiger partial charge in [-0.05, 0) is 6.42 Å². The Hall–Kier alpha value is -1.56. The maximum Gasteiger partial charge on any atom is 0.242 e. The van der Waals surface area contributed by atoms with Crippen molar-refractivity contribution in [1.29, 1.82) is 0 Å². The first kappa shape index (κ1) is 13.5. The highest BCUT2D eigenvalue weighted by Gasteiger charge is 2.08. The Kier molecular flexibility index (Phi) is 6.09. The Morgan fingerprint density at radius 3 is 2.88 bits per heavy atom. The molecule has 0 aliphatic heterocycles. The molecule has 0 unspecified atom stereocenters. The van der Waals surface area contributed by atoms with Crippen molar-refractivity contribution < 1.29 is 9.47 Å². The minimum absolute atomic E-state index is 0.399. The molecule has 6 heteroatoms. The fourth-order valence-electron chi connectivity index (χ4n) is 1.24. The van der Waals surface area contributed by atoms with Gasteiger partial charge in [0, 0.05) is 13.7 Å². The van der Waals surface area contributed by atoms with Crippen LogP contribution in [0.5, 0.6) is 5.88 Å². The molecule has 0 atom stereocenters. The van der Waals surface area contributed by atoms with Crippen molar-refractivity contribution in [2.24, 2.45) is 0 Å². The first-order valence-electron chi connectivity index (χ1n) is 5.75. The fourth-order valence-corrected chi connectivity index (χ4v) is 1.24. The summed E-state index contributed by atoms with van der Waals surface area (Å²) in [7, 11) is 1.62. The summed E-state index contributed by atoms with van der Waals surface area (Å²) in [5.74, 6) is 1.02. The van der Waals surface area contributed by atoms with Gasteiger partial charge in [0.1, 0.15) is 18.6 Å². The average molecular weight is 240 g/mol. The smallest absolute Gasteiger partial charge is 0.242 e. The lowest BCUT2D eigenvalue weighted by Crippen LogP contribution is -2.11. The topological polar surface area (TPSA) is 82.3 Å². The molecule has 0 aromatic carbocycles. The minimum atomic E-state index is 0.399. The van der Waals surface area contributed by atoms with Crippen molar-refractivity contribution in [3.05, 3.63) is 6.33 Å². The summed E-state index contributed by atoms with van der Waals surface area (Å²) in [6.45, 7) is 3.90. The van der Waals surface area contributed by atoms with Crippen LogP contribution in [-0.4, -0.2) is 36.8 Å². The van der Waals surface area contributed by atoms with Crippen LogP contribution in [0.25, 0.3) is 0 Å². The number of aromatic nitrogens is 2. The molecule has 0 saturated carbocycles. The van der Waals surface area contributed by atoms with E-state index in [-0.39, 0.29) is 0 Å². The third kappa shape index (κ3) is 4.44. The van der Waals surface area contributed by atoms with Crippen LogP contribution in [0.2, 0.25) is 0 Å². The maximum absolute atomic E-state index is 5.89. The summed E-state index contributed by atoms with van der Waals surface area (Å²) in [4.78, 5) is 8.07. The molecule has 0 spiro atoms. The summed E-state index contributed by atoms with van der Waals surface area (Å²) < 4.78 is 10.3. The van der Waals surface area contributed by atoms with E-state index >= 15 is 0 Å². The number of unbranched alkanes of at least 4 members (excludes halogenated alkanes) is 1. The quantitative estimate of drug-likeness (QED) is 0.666. The van der Waals surface area contributed by atoms with Crippen LogP contribution in [0.15, 0.2) is 6.33 Å². The predicted molar refractivity (Wildman–Crippen MR) is 67.2 cm³/mol. The zero-order valence-electron chi connectivity index (χ0n) is 10.4. The van der Waals surface area contributed by atoms with E-state index < -0.39 is 0 Å². The molecule has 17 heavy (non-hydrogen) atoms. The van der Waals surface area contributed by atoms with E-state index in [9.17, 15) is 0 Å². The van der Waals surface area contributed by atoms with Gasteiger partial charge in [0.15, 0.2) is 5.82 Å². The van der Waals surface area contributed by atoms with E-state index in [2.05, 4.69) is 22.2 Å². The molecular formula is C11H20N4O2. The monoisotopic (exact) mass is 240 g/mol. The molecule has 1 heterocycles. The SMILES string of the molecule is CCCCNc1ncnc(OCCOC)c1N. The highest BCUT2D eigenvalue weighted by atomic mass is 16.5. The third-order valence-corrected chi connectivity index (χ3v) is 2.20. The van der Waals surface area contributed by atoms with Gasteiger partial charge >= 0.3 is 0 Å². The van der Waals surface area contributed by atoms with Crippen LogP contribution >= 0.6 is 0 Å². The molecule has 1 rings (SSSR count). The molecule has 1 aromatic heterocycles. The summed E-state index contributed by atoms with van der Waals surface area (Å²) >= 11 is 0. The number of ether oxygens (including phenoxy) is 2. The van der Waals surface area contributed by atoms with E-state index in [1.807, 2.05) is 0 Å². The van der Waals surface area contributed by atoms with Gasteiger partial charge in [-0.2, -0.15) is 4.98 Å². The highest BCUT2D eigenvalue weighted by Crippen LogP contribution is 2.24. The van der Waals surface area contributed by atoms with Crippen LogP contribution in [-0.2, 0) is 4.74 Å². The molecule has 0 amide bonds. The first-order chi connectivity index (χ1) is 8.29. The van der Waals surface area contributed by atoms with Gasteiger partial charge in [-0.1, -0.05) is 13.3 Å². The summed E-state index contributed by atoms with van der Waals surface area (Å²) in [5.41, 5.74) is 6.34. The fraction of sp³-hybridized carbons (Fsp3) is 0.636. The van der Waals surface area contributed by atoms with Gasteiger partial charge in [-0.15, -0.1) is 0 Å². The number of methoxy groups -OCH3 is 1. The van der Waals surface area contributed by atoms with Crippen molar-refractivity contribution >= 4 is 11.5 Å². The number of rotatable bonds is 8. The molecule has 3 N–H and O–H groups in total. The largest absolute Gasteiger partial charge is 0.474 e. The van der Waals surface area contributed by atoms with E-state index in [0.29, 0.717) is 30.6 Å². The molecule has 0 radical (unpaired) electrons. The Morgan fingerprint density at radius 1 is 1.35 bits per heavy atom. The Morgan fingerprint density at radius 2 is 2.18 bits per heavy atom. The lowest BCUT2D eigenvalue weighted by atomic mass is 10.3. The lowest BCUT2D eigenvalue weighted by Gasteiger charge is -2.11. The molecule has 0 aliphatic carbocycles. The van der Waals surface area contributed by atoms with Gasteiger partial charge in [0.05, 0.1) is 6.61 Å². The predicted octanol–water partition coefficient (Wildman–Crippen LogP) is 1.30. The summed E-state index contributed by atoms with van der Waals surface area (Å²) in [6, 6.07) is 0. The van der Waals surface area contributed by atoms with Crippen molar-refractivity contribution in [3.8, 4) is 5.88 Å². The summed E-state index contributed by atoms with van der Waals surface area (Å²) in [5, 5.41) is 3.16. The number of nitrogen functional groups attached to an aromatic ring is 1. The molecule has 1 aromatic rings. The lowest BCUT2D eigenvalue weighted by molar-refractivity contribution is 0.144. The molecule has 6 nitrogen and oxygen atoms in total. The van der Waals surface area contributed by atoms with Crippen LogP contribution in [0.1, 0.15) is 19.8 Å². The Bertz CT molecular complexity index is 305. The highest BCUT2D eigenvalue weighted by molar-refractivity contribution is 5.66. The second-order valence-corrected chi connectivity index (χ2v) is 3.56. The average Bonchev–Trinajstić information content (AvgIpc) is 2.34. The third-order valence-electron chi connectivity index (χ3n) is 2.20. The summed E-state index contributed by atoms with van der Waals surface area (Å²) in [6.07, 6.45) is 3.63. The molecule has 0 aliphatic rings. The van der Waals surface area contributed by atoms with Crippen LogP contribution < -0.4 is 15.8 Å². The Labute approximate surface area is 102 Å². The maximum atomic E-state index is 5.89. The van der Waals surface area contributed by atoms with Crippen LogP contribution in [0.3, 0.4) is 0 Å². The van der Waals surface area contributed by atoms with Crippen molar-refractivity contribution in [3.63, 3.8) is 0 Å². The molecule has 0 saturated heterocycles. The number of nitrogens with one attached hydrogen (secondary N) is 1. The Balaban J connectivity index is 2.56. The van der Waals surface area contributed by atoms with Gasteiger partial charge in [0.25, 0.3) is 0 Å². The second-order valence-electron chi connectivity index (χ2n) is 3.56. The van der Waals surface area contributed by atoms with Crippen LogP contribution in [0.4, 0.5) is 11.5 Å². The van der Waals surface area contributed by atoms with Gasteiger partial charge in [-0.3, -0.25) is 0 Å². The van der Waals surface area contributed by atoms with E-state index in [1.165, 1.54) is 6.33 Å². The number of hydrogen-bond acceptors (Lipinski definition) is 6. The minimum Gasteiger partial charge on any atom is -0.474 e. The van der Waals surface area contributed by atoms with Crippen molar-refractivity contribution in [2.75, 3.05) is 37.9 Å². The molecule has 0 fully saturated rings. The van der Waals surface area contributed by atoms with Gasteiger partial charge in [0.2, 0.25) is 5.88 Å². The van der Waals surface area contributed by atoms with Gasteiger partial charge in [-0.25, -0.2) is 4.98 Å². The van der Waals surface area contributed by atoms with E-state index in [0.717, 1.165) is 19.4 Å². The number of nitrogens with zero attached hydrogens (tertiary/aromatic N) is 2. The number of hydrogen-bond donors (Lipinski definition) is 2.